The van der Waals surface area contributed by atoms with Gasteiger partial charge in [-0.2, -0.15) is 0 Å². The second-order valence-corrected chi connectivity index (χ2v) is 13.7. The molecule has 0 saturated carbocycles. The summed E-state index contributed by atoms with van der Waals surface area (Å²) in [6.45, 7) is 9.85. The molecule has 0 fully saturated rings. The van der Waals surface area contributed by atoms with Crippen LogP contribution in [-0.4, -0.2) is 44.3 Å². The zero-order valence-electron chi connectivity index (χ0n) is 27.5. The minimum atomic E-state index is -4.16. The first kappa shape index (κ1) is 34.4. The summed E-state index contributed by atoms with van der Waals surface area (Å²) in [4.78, 5) is 30.2. The van der Waals surface area contributed by atoms with E-state index in [1.807, 2.05) is 88.4 Å². The Morgan fingerprint density at radius 1 is 0.783 bits per heavy atom. The van der Waals surface area contributed by atoms with Gasteiger partial charge in [-0.05, 0) is 80.1 Å². The Labute approximate surface area is 274 Å². The molecule has 4 rings (SSSR count). The largest absolute Gasteiger partial charge is 0.354 e. The van der Waals surface area contributed by atoms with Crippen molar-refractivity contribution in [3.63, 3.8) is 0 Å². The number of sulfonamides is 1. The van der Waals surface area contributed by atoms with E-state index < -0.39 is 28.5 Å². The molecule has 0 bridgehead atoms. The lowest BCUT2D eigenvalue weighted by atomic mass is 10.0. The maximum absolute atomic E-state index is 14.7. The average Bonchev–Trinajstić information content (AvgIpc) is 3.04. The van der Waals surface area contributed by atoms with Crippen LogP contribution in [0.15, 0.2) is 102 Å². The molecule has 0 radical (unpaired) electrons. The molecule has 7 nitrogen and oxygen atoms in total. The van der Waals surface area contributed by atoms with Crippen molar-refractivity contribution in [2.75, 3.05) is 17.4 Å². The van der Waals surface area contributed by atoms with Crippen molar-refractivity contribution >= 4 is 27.5 Å². The van der Waals surface area contributed by atoms with Gasteiger partial charge in [0.25, 0.3) is 10.0 Å². The monoisotopic (exact) mass is 639 g/mol. The van der Waals surface area contributed by atoms with Crippen LogP contribution in [0.2, 0.25) is 0 Å². The maximum Gasteiger partial charge on any atom is 0.264 e. The number of carbonyl (C=O) groups excluding carboxylic acids is 2. The van der Waals surface area contributed by atoms with E-state index in [2.05, 4.69) is 12.2 Å². The lowest BCUT2D eigenvalue weighted by Gasteiger charge is -2.34. The summed E-state index contributed by atoms with van der Waals surface area (Å²) in [6, 6.07) is 28.5. The topological polar surface area (TPSA) is 86.8 Å². The van der Waals surface area contributed by atoms with Crippen LogP contribution >= 0.6 is 0 Å². The first-order valence-corrected chi connectivity index (χ1v) is 17.3. The quantitative estimate of drug-likeness (QED) is 0.156. The fraction of sp³-hybridized carbons (Fsp3) is 0.316. The van der Waals surface area contributed by atoms with Crippen molar-refractivity contribution in [3.8, 4) is 0 Å². The van der Waals surface area contributed by atoms with Gasteiger partial charge in [0, 0.05) is 19.5 Å². The molecule has 2 amide bonds. The molecule has 0 aromatic heterocycles. The normalized spacial score (nSPS) is 11.9. The number of nitrogens with zero attached hydrogens (tertiary/aromatic N) is 2. The molecule has 0 aliphatic heterocycles. The van der Waals surface area contributed by atoms with Crippen LogP contribution in [0, 0.1) is 27.7 Å². The van der Waals surface area contributed by atoms with E-state index in [0.717, 1.165) is 46.2 Å². The van der Waals surface area contributed by atoms with Gasteiger partial charge in [-0.15, -0.1) is 0 Å². The lowest BCUT2D eigenvalue weighted by Crippen LogP contribution is -2.53. The molecule has 0 aliphatic rings. The third-order valence-electron chi connectivity index (χ3n) is 8.44. The molecule has 8 heteroatoms. The molecule has 1 atom stereocenters. The summed E-state index contributed by atoms with van der Waals surface area (Å²) in [5.41, 5.74) is 5.78. The number of hydrogen-bond acceptors (Lipinski definition) is 4. The number of aryl methyl sites for hydroxylation is 3. The Kier molecular flexibility index (Phi) is 11.8. The summed E-state index contributed by atoms with van der Waals surface area (Å²) in [7, 11) is -4.16. The van der Waals surface area contributed by atoms with E-state index in [1.54, 1.807) is 41.3 Å². The minimum Gasteiger partial charge on any atom is -0.354 e. The third-order valence-corrected chi connectivity index (χ3v) is 10.2. The lowest BCUT2D eigenvalue weighted by molar-refractivity contribution is -0.140. The zero-order valence-corrected chi connectivity index (χ0v) is 28.3. The maximum atomic E-state index is 14.7. The van der Waals surface area contributed by atoms with Gasteiger partial charge in [0.1, 0.15) is 12.6 Å². The fourth-order valence-electron chi connectivity index (χ4n) is 5.39. The predicted octanol–water partition coefficient (Wildman–Crippen LogP) is 6.67. The minimum absolute atomic E-state index is 0.0930. The number of nitrogens with one attached hydrogen (secondary N) is 1. The number of carbonyl (C=O) groups is 2. The second kappa shape index (κ2) is 15.7. The van der Waals surface area contributed by atoms with Gasteiger partial charge in [-0.3, -0.25) is 13.9 Å². The van der Waals surface area contributed by atoms with Gasteiger partial charge < -0.3 is 10.2 Å². The Morgan fingerprint density at radius 3 is 2.11 bits per heavy atom. The highest BCUT2D eigenvalue weighted by Crippen LogP contribution is 2.29. The molecule has 0 aliphatic carbocycles. The van der Waals surface area contributed by atoms with Crippen LogP contribution in [0.5, 0.6) is 0 Å². The number of amides is 2. The molecule has 4 aromatic carbocycles. The van der Waals surface area contributed by atoms with Crippen LogP contribution in [0.25, 0.3) is 0 Å². The van der Waals surface area contributed by atoms with E-state index in [-0.39, 0.29) is 23.8 Å². The highest BCUT2D eigenvalue weighted by atomic mass is 32.2. The number of anilines is 1. The van der Waals surface area contributed by atoms with E-state index >= 15 is 0 Å². The number of unbranched alkanes of at least 4 members (excludes halogenated alkanes) is 1. The van der Waals surface area contributed by atoms with Gasteiger partial charge in [0.05, 0.1) is 10.6 Å². The number of benzene rings is 4. The molecule has 242 valence electrons. The predicted molar refractivity (Wildman–Crippen MR) is 185 cm³/mol. The first-order valence-electron chi connectivity index (χ1n) is 15.8. The Bertz CT molecular complexity index is 1740. The van der Waals surface area contributed by atoms with Crippen LogP contribution in [0.1, 0.15) is 53.1 Å². The summed E-state index contributed by atoms with van der Waals surface area (Å²) >= 11 is 0. The van der Waals surface area contributed by atoms with Gasteiger partial charge in [0.2, 0.25) is 11.8 Å². The number of rotatable bonds is 14. The molecule has 0 spiro atoms. The molecule has 0 saturated heterocycles. The van der Waals surface area contributed by atoms with Crippen LogP contribution in [0.4, 0.5) is 5.69 Å². The van der Waals surface area contributed by atoms with E-state index in [0.29, 0.717) is 12.2 Å². The molecular formula is C38H45N3O4S. The van der Waals surface area contributed by atoms with Crippen molar-refractivity contribution in [2.45, 2.75) is 71.4 Å². The van der Waals surface area contributed by atoms with Crippen molar-refractivity contribution in [3.05, 3.63) is 130 Å². The smallest absolute Gasteiger partial charge is 0.264 e. The van der Waals surface area contributed by atoms with Crippen molar-refractivity contribution in [1.29, 1.82) is 0 Å². The van der Waals surface area contributed by atoms with E-state index in [9.17, 15) is 18.0 Å². The summed E-state index contributed by atoms with van der Waals surface area (Å²) < 4.78 is 29.8. The average molecular weight is 640 g/mol. The van der Waals surface area contributed by atoms with E-state index in [4.69, 9.17) is 0 Å². The summed E-state index contributed by atoms with van der Waals surface area (Å²) in [6.07, 6.45) is 2.01. The summed E-state index contributed by atoms with van der Waals surface area (Å²) in [5, 5.41) is 3.04. The molecule has 46 heavy (non-hydrogen) atoms. The highest BCUT2D eigenvalue weighted by Gasteiger charge is 2.35. The zero-order chi connectivity index (χ0) is 33.3. The highest BCUT2D eigenvalue weighted by molar-refractivity contribution is 7.92. The molecule has 0 unspecified atom stereocenters. The summed E-state index contributed by atoms with van der Waals surface area (Å²) in [5.74, 6) is -0.731. The van der Waals surface area contributed by atoms with Crippen molar-refractivity contribution in [2.24, 2.45) is 0 Å². The van der Waals surface area contributed by atoms with Crippen LogP contribution < -0.4 is 9.62 Å². The Balaban J connectivity index is 1.83. The Morgan fingerprint density at radius 2 is 1.43 bits per heavy atom. The van der Waals surface area contributed by atoms with Gasteiger partial charge >= 0.3 is 0 Å². The molecule has 0 heterocycles. The van der Waals surface area contributed by atoms with Crippen molar-refractivity contribution < 1.29 is 18.0 Å². The molecule has 4 aromatic rings. The third kappa shape index (κ3) is 8.43. The standard InChI is InChI=1S/C38H45N3O4S/c1-6-7-24-39-38(43)36(25-32-16-9-8-10-17-32)40(26-33-18-12-11-14-30(33)4)37(42)27-41(35-19-13-15-29(3)31(35)5)46(44,45)34-22-20-28(2)21-23-34/h8-23,36H,6-7,24-27H2,1-5H3,(H,39,43)/t36-/m1/s1. The van der Waals surface area contributed by atoms with Gasteiger partial charge in [0.15, 0.2) is 0 Å². The van der Waals surface area contributed by atoms with Crippen LogP contribution in [-0.2, 0) is 32.6 Å². The van der Waals surface area contributed by atoms with Crippen molar-refractivity contribution in [1.82, 2.24) is 10.2 Å². The second-order valence-electron chi connectivity index (χ2n) is 11.8. The molecule has 1 N–H and O–H groups in total. The van der Waals surface area contributed by atoms with E-state index in [1.165, 1.54) is 4.31 Å². The fourth-order valence-corrected chi connectivity index (χ4v) is 6.86. The number of hydrogen-bond donors (Lipinski definition) is 1. The van der Waals surface area contributed by atoms with Gasteiger partial charge in [-0.1, -0.05) is 97.8 Å². The van der Waals surface area contributed by atoms with Crippen LogP contribution in [0.3, 0.4) is 0 Å². The first-order chi connectivity index (χ1) is 22.0. The molecular weight excluding hydrogens is 595 g/mol. The van der Waals surface area contributed by atoms with Gasteiger partial charge in [-0.25, -0.2) is 8.42 Å². The SMILES string of the molecule is CCCCNC(=O)[C@@H](Cc1ccccc1)N(Cc1ccccc1C)C(=O)CN(c1cccc(C)c1C)S(=O)(=O)c1ccc(C)cc1. The Hall–Kier alpha value is -4.43.